The molecule has 0 bridgehead atoms. The van der Waals surface area contributed by atoms with Gasteiger partial charge in [0.15, 0.2) is 5.65 Å². The second-order valence-corrected chi connectivity index (χ2v) is 7.45. The molecule has 3 rings (SSSR count). The van der Waals surface area contributed by atoms with Crippen LogP contribution in [0.2, 0.25) is 0 Å². The highest BCUT2D eigenvalue weighted by Crippen LogP contribution is 2.23. The average Bonchev–Trinajstić information content (AvgIpc) is 2.68. The van der Waals surface area contributed by atoms with Crippen LogP contribution < -0.4 is 15.7 Å². The molecule has 2 aromatic heterocycles. The number of aromatic nitrogens is 3. The molecule has 0 aliphatic rings. The summed E-state index contributed by atoms with van der Waals surface area (Å²) in [5, 5.41) is 4.20. The van der Waals surface area contributed by atoms with E-state index in [1.54, 1.807) is 6.07 Å². The first-order chi connectivity index (χ1) is 14.0. The van der Waals surface area contributed by atoms with E-state index in [2.05, 4.69) is 65.5 Å². The van der Waals surface area contributed by atoms with Crippen molar-refractivity contribution in [1.29, 1.82) is 0 Å². The van der Waals surface area contributed by atoms with E-state index in [0.717, 1.165) is 41.7 Å². The van der Waals surface area contributed by atoms with Crippen LogP contribution in [0.1, 0.15) is 36.6 Å². The molecule has 1 aromatic carbocycles. The summed E-state index contributed by atoms with van der Waals surface area (Å²) < 4.78 is 1.28. The van der Waals surface area contributed by atoms with Crippen LogP contribution in [0.5, 0.6) is 0 Å². The van der Waals surface area contributed by atoms with Crippen molar-refractivity contribution in [3.63, 3.8) is 0 Å². The molecular weight excluding hydrogens is 366 g/mol. The Morgan fingerprint density at radius 3 is 2.72 bits per heavy atom. The lowest BCUT2D eigenvalue weighted by Gasteiger charge is -2.16. The first-order valence-electron chi connectivity index (χ1n) is 9.96. The fourth-order valence-corrected chi connectivity index (χ4v) is 3.25. The number of rotatable bonds is 9. The minimum Gasteiger partial charge on any atom is -0.409 e. The van der Waals surface area contributed by atoms with Crippen molar-refractivity contribution in [2.45, 2.75) is 39.8 Å². The van der Waals surface area contributed by atoms with Gasteiger partial charge in [0.25, 0.3) is 5.56 Å². The fraction of sp³-hybridized carbons (Fsp3) is 0.409. The molecule has 0 aliphatic heterocycles. The number of nitrogens with one attached hydrogen (secondary N) is 1. The Hall–Kier alpha value is -2.93. The third-order valence-corrected chi connectivity index (χ3v) is 4.64. The molecule has 154 valence electrons. The number of fused-ring (bicyclic) bond motifs is 1. The summed E-state index contributed by atoms with van der Waals surface area (Å²) in [5.74, 6) is 0. The van der Waals surface area contributed by atoms with Crippen LogP contribution >= 0.6 is 0 Å². The summed E-state index contributed by atoms with van der Waals surface area (Å²) in [7, 11) is 4.11. The predicted molar refractivity (Wildman–Crippen MR) is 116 cm³/mol. The Labute approximate surface area is 171 Å². The summed E-state index contributed by atoms with van der Waals surface area (Å²) in [4.78, 5) is 29.1. The van der Waals surface area contributed by atoms with E-state index < -0.39 is 0 Å². The van der Waals surface area contributed by atoms with Gasteiger partial charge in [0, 0.05) is 19.2 Å². The van der Waals surface area contributed by atoms with E-state index in [0.29, 0.717) is 18.8 Å². The molecule has 0 atom stereocenters. The smallest absolute Gasteiger partial charge is 0.287 e. The van der Waals surface area contributed by atoms with Gasteiger partial charge in [-0.2, -0.15) is 0 Å². The van der Waals surface area contributed by atoms with E-state index in [1.165, 1.54) is 16.6 Å². The molecule has 0 radical (unpaired) electrons. The molecular formula is C22H29N5O2. The molecule has 1 N–H and O–H groups in total. The Morgan fingerprint density at radius 1 is 1.17 bits per heavy atom. The van der Waals surface area contributed by atoms with Gasteiger partial charge in [0.2, 0.25) is 0 Å². The minimum atomic E-state index is -0.240. The third kappa shape index (κ3) is 5.12. The molecule has 0 saturated heterocycles. The molecule has 29 heavy (non-hydrogen) atoms. The van der Waals surface area contributed by atoms with Crippen LogP contribution in [0.3, 0.4) is 0 Å². The number of benzene rings is 1. The molecule has 0 unspecified atom stereocenters. The van der Waals surface area contributed by atoms with Crippen molar-refractivity contribution in [3.05, 3.63) is 63.8 Å². The minimum absolute atomic E-state index is 0.240. The number of hydrogen-bond donors (Lipinski definition) is 1. The summed E-state index contributed by atoms with van der Waals surface area (Å²) >= 11 is 0. The molecule has 0 amide bonds. The number of nitrogens with zero attached hydrogens (tertiary/aromatic N) is 4. The average molecular weight is 396 g/mol. The van der Waals surface area contributed by atoms with Crippen molar-refractivity contribution in [2.24, 2.45) is 0 Å². The quantitative estimate of drug-likeness (QED) is 0.562. The van der Waals surface area contributed by atoms with Gasteiger partial charge in [-0.05, 0) is 38.6 Å². The fourth-order valence-electron chi connectivity index (χ4n) is 3.25. The third-order valence-electron chi connectivity index (χ3n) is 4.64. The summed E-state index contributed by atoms with van der Waals surface area (Å²) in [6, 6.07) is 9.99. The molecule has 0 spiro atoms. The van der Waals surface area contributed by atoms with Gasteiger partial charge in [0.05, 0.1) is 16.8 Å². The maximum atomic E-state index is 12.7. The lowest BCUT2D eigenvalue weighted by atomic mass is 10.1. The molecule has 0 saturated carbocycles. The van der Waals surface area contributed by atoms with Gasteiger partial charge in [-0.3, -0.25) is 4.79 Å². The first kappa shape index (κ1) is 20.8. The lowest BCUT2D eigenvalue weighted by molar-refractivity contribution is 0.108. The lowest BCUT2D eigenvalue weighted by Crippen LogP contribution is -2.29. The maximum absolute atomic E-state index is 12.7. The second-order valence-electron chi connectivity index (χ2n) is 7.45. The molecule has 3 aromatic rings. The van der Waals surface area contributed by atoms with Crippen molar-refractivity contribution in [3.8, 4) is 0 Å². The van der Waals surface area contributed by atoms with Crippen LogP contribution in [0.15, 0.2) is 41.5 Å². The maximum Gasteiger partial charge on any atom is 0.287 e. The van der Waals surface area contributed by atoms with Gasteiger partial charge >= 0.3 is 0 Å². The molecule has 0 aliphatic carbocycles. The van der Waals surface area contributed by atoms with Crippen LogP contribution in [-0.4, -0.2) is 40.3 Å². The number of hydrogen-bond acceptors (Lipinski definition) is 6. The number of unbranched alkanes of at least 4 members (excludes halogenated alkanes) is 1. The molecule has 7 nitrogen and oxygen atoms in total. The van der Waals surface area contributed by atoms with Crippen LogP contribution in [-0.2, 0) is 13.1 Å². The second kappa shape index (κ2) is 9.52. The van der Waals surface area contributed by atoms with Crippen molar-refractivity contribution in [1.82, 2.24) is 19.6 Å². The molecule has 0 fully saturated rings. The van der Waals surface area contributed by atoms with Crippen LogP contribution in [0.4, 0.5) is 5.69 Å². The zero-order valence-corrected chi connectivity index (χ0v) is 17.6. The Morgan fingerprint density at radius 2 is 1.97 bits per heavy atom. The highest BCUT2D eigenvalue weighted by atomic mass is 16.7. The standard InChI is InChI=1S/C22H29N5O2/c1-5-6-10-29-27-20(28)12-19(21-16(2)24-15-25-22(21)27)23-13-17-8-7-9-18(11-17)14-26(3)4/h7-9,11-12,15,23H,5-6,10,13-14H2,1-4H3. The van der Waals surface area contributed by atoms with Crippen LogP contribution in [0.25, 0.3) is 11.0 Å². The first-order valence-corrected chi connectivity index (χ1v) is 9.96. The van der Waals surface area contributed by atoms with E-state index in [-0.39, 0.29) is 5.56 Å². The monoisotopic (exact) mass is 395 g/mol. The Bertz CT molecular complexity index is 1030. The molecule has 2 heterocycles. The number of pyridine rings is 1. The number of anilines is 1. The van der Waals surface area contributed by atoms with Crippen molar-refractivity contribution < 1.29 is 4.84 Å². The van der Waals surface area contributed by atoms with Gasteiger partial charge in [0.1, 0.15) is 12.9 Å². The summed E-state index contributed by atoms with van der Waals surface area (Å²) in [6.45, 7) is 5.95. The van der Waals surface area contributed by atoms with E-state index in [9.17, 15) is 4.79 Å². The zero-order chi connectivity index (χ0) is 20.8. The van der Waals surface area contributed by atoms with E-state index in [4.69, 9.17) is 4.84 Å². The van der Waals surface area contributed by atoms with Gasteiger partial charge in [-0.1, -0.05) is 37.6 Å². The highest BCUT2D eigenvalue weighted by molar-refractivity contribution is 5.90. The van der Waals surface area contributed by atoms with Crippen LogP contribution in [0, 0.1) is 6.92 Å². The number of aryl methyl sites for hydroxylation is 1. The largest absolute Gasteiger partial charge is 0.409 e. The highest BCUT2D eigenvalue weighted by Gasteiger charge is 2.14. The zero-order valence-electron chi connectivity index (χ0n) is 17.6. The van der Waals surface area contributed by atoms with Crippen molar-refractivity contribution in [2.75, 3.05) is 26.0 Å². The van der Waals surface area contributed by atoms with Gasteiger partial charge in [-0.25, -0.2) is 9.97 Å². The van der Waals surface area contributed by atoms with E-state index in [1.807, 2.05) is 6.92 Å². The topological polar surface area (TPSA) is 72.3 Å². The van der Waals surface area contributed by atoms with E-state index >= 15 is 0 Å². The Kier molecular flexibility index (Phi) is 6.82. The summed E-state index contributed by atoms with van der Waals surface area (Å²) in [5.41, 5.74) is 4.16. The van der Waals surface area contributed by atoms with Gasteiger partial charge in [-0.15, -0.1) is 4.73 Å². The SMILES string of the molecule is CCCCOn1c(=O)cc(NCc2cccc(CN(C)C)c2)c2c(C)ncnc21. The summed E-state index contributed by atoms with van der Waals surface area (Å²) in [6.07, 6.45) is 3.33. The predicted octanol–water partition coefficient (Wildman–Crippen LogP) is 3.00. The molecule has 7 heteroatoms. The van der Waals surface area contributed by atoms with Crippen molar-refractivity contribution >= 4 is 16.7 Å². The normalized spacial score (nSPS) is 11.2. The van der Waals surface area contributed by atoms with Gasteiger partial charge < -0.3 is 15.1 Å². The Balaban J connectivity index is 1.90.